The molecule has 0 atom stereocenters. The number of nitrogen functional groups attached to an aromatic ring is 1. The SMILES string of the molecule is CCN(Cc1ccc(C(N)=O)cc1N)c1cccc(F)c1. The lowest BCUT2D eigenvalue weighted by atomic mass is 10.1. The normalized spacial score (nSPS) is 10.4. The monoisotopic (exact) mass is 287 g/mol. The summed E-state index contributed by atoms with van der Waals surface area (Å²) < 4.78 is 13.3. The zero-order valence-electron chi connectivity index (χ0n) is 11.8. The first kappa shape index (κ1) is 14.8. The van der Waals surface area contributed by atoms with Gasteiger partial charge in [0.15, 0.2) is 0 Å². The first-order valence-corrected chi connectivity index (χ1v) is 6.70. The Morgan fingerprint density at radius 2 is 2.00 bits per heavy atom. The van der Waals surface area contributed by atoms with E-state index in [1.54, 1.807) is 24.3 Å². The van der Waals surface area contributed by atoms with Gasteiger partial charge in [0.25, 0.3) is 0 Å². The highest BCUT2D eigenvalue weighted by molar-refractivity contribution is 5.93. The summed E-state index contributed by atoms with van der Waals surface area (Å²) >= 11 is 0. The number of amides is 1. The van der Waals surface area contributed by atoms with Crippen LogP contribution in [0, 0.1) is 5.82 Å². The summed E-state index contributed by atoms with van der Waals surface area (Å²) in [5.74, 6) is -0.784. The van der Waals surface area contributed by atoms with E-state index in [0.717, 1.165) is 11.3 Å². The van der Waals surface area contributed by atoms with Crippen LogP contribution >= 0.6 is 0 Å². The third-order valence-corrected chi connectivity index (χ3v) is 3.35. The summed E-state index contributed by atoms with van der Waals surface area (Å²) in [4.78, 5) is 13.1. The lowest BCUT2D eigenvalue weighted by Gasteiger charge is -2.24. The standard InChI is InChI=1S/C16H18FN3O/c1-2-20(14-5-3-4-13(17)9-14)10-12-7-6-11(16(19)21)8-15(12)18/h3-9H,2,10,18H2,1H3,(H2,19,21). The van der Waals surface area contributed by atoms with Gasteiger partial charge in [-0.25, -0.2) is 4.39 Å². The lowest BCUT2D eigenvalue weighted by Crippen LogP contribution is -2.23. The molecule has 2 aromatic carbocycles. The summed E-state index contributed by atoms with van der Waals surface area (Å²) in [5, 5.41) is 0. The van der Waals surface area contributed by atoms with Gasteiger partial charge in [0, 0.05) is 30.0 Å². The van der Waals surface area contributed by atoms with Crippen LogP contribution in [-0.2, 0) is 6.54 Å². The van der Waals surface area contributed by atoms with Crippen molar-refractivity contribution in [3.8, 4) is 0 Å². The van der Waals surface area contributed by atoms with E-state index in [2.05, 4.69) is 0 Å². The second kappa shape index (κ2) is 6.26. The van der Waals surface area contributed by atoms with Crippen LogP contribution in [0.1, 0.15) is 22.8 Å². The van der Waals surface area contributed by atoms with E-state index >= 15 is 0 Å². The highest BCUT2D eigenvalue weighted by Crippen LogP contribution is 2.21. The number of nitrogens with two attached hydrogens (primary N) is 2. The van der Waals surface area contributed by atoms with Crippen molar-refractivity contribution in [2.75, 3.05) is 17.2 Å². The minimum absolute atomic E-state index is 0.275. The minimum atomic E-state index is -0.509. The molecule has 2 rings (SSSR count). The molecular formula is C16H18FN3O. The lowest BCUT2D eigenvalue weighted by molar-refractivity contribution is 0.100. The van der Waals surface area contributed by atoms with Crippen molar-refractivity contribution in [2.45, 2.75) is 13.5 Å². The number of anilines is 2. The molecular weight excluding hydrogens is 269 g/mol. The van der Waals surface area contributed by atoms with E-state index in [4.69, 9.17) is 11.5 Å². The Bertz CT molecular complexity index is 658. The first-order valence-electron chi connectivity index (χ1n) is 6.70. The number of halogens is 1. The Kier molecular flexibility index (Phi) is 4.42. The maximum atomic E-state index is 13.3. The second-order valence-electron chi connectivity index (χ2n) is 4.77. The zero-order chi connectivity index (χ0) is 15.4. The maximum absolute atomic E-state index is 13.3. The van der Waals surface area contributed by atoms with Gasteiger partial charge in [-0.05, 0) is 42.8 Å². The molecule has 0 saturated carbocycles. The topological polar surface area (TPSA) is 72.3 Å². The number of hydrogen-bond acceptors (Lipinski definition) is 3. The number of hydrogen-bond donors (Lipinski definition) is 2. The summed E-state index contributed by atoms with van der Waals surface area (Å²) in [6.45, 7) is 3.23. The Balaban J connectivity index is 2.25. The van der Waals surface area contributed by atoms with Crippen molar-refractivity contribution >= 4 is 17.3 Å². The predicted molar refractivity (Wildman–Crippen MR) is 82.5 cm³/mol. The molecule has 0 aliphatic carbocycles. The van der Waals surface area contributed by atoms with Crippen molar-refractivity contribution in [2.24, 2.45) is 5.73 Å². The molecule has 21 heavy (non-hydrogen) atoms. The molecule has 0 radical (unpaired) electrons. The summed E-state index contributed by atoms with van der Waals surface area (Å²) in [7, 11) is 0. The Labute approximate surface area is 123 Å². The minimum Gasteiger partial charge on any atom is -0.398 e. The quantitative estimate of drug-likeness (QED) is 0.830. The fourth-order valence-corrected chi connectivity index (χ4v) is 2.16. The average molecular weight is 287 g/mol. The molecule has 5 heteroatoms. The van der Waals surface area contributed by atoms with Gasteiger partial charge in [-0.1, -0.05) is 12.1 Å². The second-order valence-corrected chi connectivity index (χ2v) is 4.77. The molecule has 0 heterocycles. The van der Waals surface area contributed by atoms with E-state index in [1.165, 1.54) is 12.1 Å². The number of nitrogens with zero attached hydrogens (tertiary/aromatic N) is 1. The zero-order valence-corrected chi connectivity index (χ0v) is 11.8. The van der Waals surface area contributed by atoms with Crippen LogP contribution in [0.25, 0.3) is 0 Å². The van der Waals surface area contributed by atoms with Gasteiger partial charge in [-0.3, -0.25) is 4.79 Å². The van der Waals surface area contributed by atoms with Crippen LogP contribution in [-0.4, -0.2) is 12.5 Å². The molecule has 1 amide bonds. The first-order chi connectivity index (χ1) is 10.0. The summed E-state index contributed by atoms with van der Waals surface area (Å²) in [5.41, 5.74) is 13.7. The van der Waals surface area contributed by atoms with Gasteiger partial charge in [-0.15, -0.1) is 0 Å². The molecule has 0 unspecified atom stereocenters. The maximum Gasteiger partial charge on any atom is 0.248 e. The van der Waals surface area contributed by atoms with Crippen LogP contribution in [0.15, 0.2) is 42.5 Å². The van der Waals surface area contributed by atoms with Gasteiger partial charge in [0.1, 0.15) is 5.82 Å². The Hall–Kier alpha value is -2.56. The highest BCUT2D eigenvalue weighted by Gasteiger charge is 2.10. The van der Waals surface area contributed by atoms with Gasteiger partial charge in [0.05, 0.1) is 0 Å². The molecule has 110 valence electrons. The van der Waals surface area contributed by atoms with Crippen LogP contribution in [0.5, 0.6) is 0 Å². The average Bonchev–Trinajstić information content (AvgIpc) is 2.45. The summed E-state index contributed by atoms with van der Waals surface area (Å²) in [6.07, 6.45) is 0. The number of carbonyl (C=O) groups excluding carboxylic acids is 1. The largest absolute Gasteiger partial charge is 0.398 e. The molecule has 4 nitrogen and oxygen atoms in total. The molecule has 0 bridgehead atoms. The van der Waals surface area contributed by atoms with E-state index in [9.17, 15) is 9.18 Å². The van der Waals surface area contributed by atoms with Gasteiger partial charge >= 0.3 is 0 Å². The van der Waals surface area contributed by atoms with Crippen molar-refractivity contribution in [3.05, 3.63) is 59.4 Å². The van der Waals surface area contributed by atoms with E-state index < -0.39 is 5.91 Å². The number of primary amides is 1. The third kappa shape index (κ3) is 3.51. The van der Waals surface area contributed by atoms with Crippen LogP contribution in [0.3, 0.4) is 0 Å². The van der Waals surface area contributed by atoms with Crippen molar-refractivity contribution in [1.82, 2.24) is 0 Å². The molecule has 0 aromatic heterocycles. The molecule has 0 fully saturated rings. The van der Waals surface area contributed by atoms with Gasteiger partial charge in [0.2, 0.25) is 5.91 Å². The molecule has 0 spiro atoms. The fraction of sp³-hybridized carbons (Fsp3) is 0.188. The van der Waals surface area contributed by atoms with Crippen LogP contribution in [0.4, 0.5) is 15.8 Å². The van der Waals surface area contributed by atoms with E-state index in [-0.39, 0.29) is 5.82 Å². The highest BCUT2D eigenvalue weighted by atomic mass is 19.1. The molecule has 0 saturated heterocycles. The molecule has 4 N–H and O–H groups in total. The van der Waals surface area contributed by atoms with E-state index in [1.807, 2.05) is 17.9 Å². The Morgan fingerprint density at radius 3 is 2.57 bits per heavy atom. The number of rotatable bonds is 5. The molecule has 0 aliphatic rings. The smallest absolute Gasteiger partial charge is 0.248 e. The van der Waals surface area contributed by atoms with Crippen molar-refractivity contribution < 1.29 is 9.18 Å². The van der Waals surface area contributed by atoms with E-state index in [0.29, 0.717) is 24.3 Å². The third-order valence-electron chi connectivity index (χ3n) is 3.35. The Morgan fingerprint density at radius 1 is 1.24 bits per heavy atom. The van der Waals surface area contributed by atoms with Crippen LogP contribution < -0.4 is 16.4 Å². The van der Waals surface area contributed by atoms with Gasteiger partial charge in [-0.2, -0.15) is 0 Å². The van der Waals surface area contributed by atoms with Crippen molar-refractivity contribution in [3.63, 3.8) is 0 Å². The van der Waals surface area contributed by atoms with Crippen LogP contribution in [0.2, 0.25) is 0 Å². The van der Waals surface area contributed by atoms with Gasteiger partial charge < -0.3 is 16.4 Å². The molecule has 2 aromatic rings. The predicted octanol–water partition coefficient (Wildman–Crippen LogP) is 2.53. The fourth-order valence-electron chi connectivity index (χ4n) is 2.16. The van der Waals surface area contributed by atoms with Crippen molar-refractivity contribution in [1.29, 1.82) is 0 Å². The number of benzene rings is 2. The number of carbonyl (C=O) groups is 1. The summed E-state index contributed by atoms with van der Waals surface area (Å²) in [6, 6.07) is 11.4. The molecule has 0 aliphatic heterocycles.